The van der Waals surface area contributed by atoms with Crippen molar-refractivity contribution in [1.29, 1.82) is 0 Å². The van der Waals surface area contributed by atoms with Crippen LogP contribution in [0.4, 0.5) is 11.4 Å². The Kier molecular flexibility index (Phi) is 5.06. The molecule has 2 aliphatic heterocycles. The van der Waals surface area contributed by atoms with Gasteiger partial charge in [-0.05, 0) is 56.0 Å². The maximum atomic E-state index is 13.0. The molecule has 0 unspecified atom stereocenters. The second-order valence-electron chi connectivity index (χ2n) is 7.85. The van der Waals surface area contributed by atoms with E-state index in [0.717, 1.165) is 39.0 Å². The van der Waals surface area contributed by atoms with Crippen molar-refractivity contribution in [3.63, 3.8) is 0 Å². The molecule has 0 bridgehead atoms. The molecular formula is C23H29N3O. The molecular weight excluding hydrogens is 334 g/mol. The Bertz CT molecular complexity index is 811. The van der Waals surface area contributed by atoms with E-state index in [0.29, 0.717) is 12.6 Å². The van der Waals surface area contributed by atoms with Crippen LogP contribution in [0.1, 0.15) is 24.5 Å². The lowest BCUT2D eigenvalue weighted by molar-refractivity contribution is -0.130. The second-order valence-corrected chi connectivity index (χ2v) is 7.85. The lowest BCUT2D eigenvalue weighted by Crippen LogP contribution is -2.52. The molecule has 2 aliphatic rings. The second kappa shape index (κ2) is 7.63. The summed E-state index contributed by atoms with van der Waals surface area (Å²) in [7, 11) is 0. The van der Waals surface area contributed by atoms with Gasteiger partial charge in [0.15, 0.2) is 0 Å². The zero-order valence-corrected chi connectivity index (χ0v) is 16.4. The Balaban J connectivity index is 1.39. The largest absolute Gasteiger partial charge is 0.368 e. The Morgan fingerprint density at radius 3 is 2.59 bits per heavy atom. The van der Waals surface area contributed by atoms with Crippen LogP contribution in [0.25, 0.3) is 0 Å². The van der Waals surface area contributed by atoms with Crippen molar-refractivity contribution in [2.24, 2.45) is 0 Å². The lowest BCUT2D eigenvalue weighted by Gasteiger charge is -2.40. The van der Waals surface area contributed by atoms with Crippen LogP contribution < -0.4 is 9.80 Å². The van der Waals surface area contributed by atoms with Gasteiger partial charge in [0.05, 0.1) is 6.54 Å². The molecule has 2 aromatic carbocycles. The summed E-state index contributed by atoms with van der Waals surface area (Å²) in [6.45, 7) is 8.26. The van der Waals surface area contributed by atoms with E-state index in [2.05, 4.69) is 72.2 Å². The normalized spacial score (nSPS) is 19.8. The predicted octanol–water partition coefficient (Wildman–Crippen LogP) is 3.48. The average molecular weight is 364 g/mol. The minimum Gasteiger partial charge on any atom is -0.368 e. The van der Waals surface area contributed by atoms with Crippen LogP contribution in [0.5, 0.6) is 0 Å². The molecule has 0 radical (unpaired) electrons. The van der Waals surface area contributed by atoms with E-state index < -0.39 is 0 Å². The summed E-state index contributed by atoms with van der Waals surface area (Å²) in [5.74, 6) is 0.252. The van der Waals surface area contributed by atoms with Gasteiger partial charge in [-0.15, -0.1) is 0 Å². The fraction of sp³-hybridized carbons (Fsp3) is 0.435. The van der Waals surface area contributed by atoms with Crippen LogP contribution in [0.2, 0.25) is 0 Å². The van der Waals surface area contributed by atoms with Crippen molar-refractivity contribution in [2.75, 3.05) is 42.5 Å². The van der Waals surface area contributed by atoms with Gasteiger partial charge in [-0.1, -0.05) is 30.3 Å². The number of carbonyl (C=O) groups is 1. The molecule has 0 aliphatic carbocycles. The topological polar surface area (TPSA) is 26.8 Å². The molecule has 0 N–H and O–H groups in total. The summed E-state index contributed by atoms with van der Waals surface area (Å²) in [5.41, 5.74) is 5.15. The van der Waals surface area contributed by atoms with E-state index in [9.17, 15) is 4.79 Å². The maximum absolute atomic E-state index is 13.0. The van der Waals surface area contributed by atoms with E-state index in [1.165, 1.54) is 22.5 Å². The first-order valence-electron chi connectivity index (χ1n) is 10.1. The molecule has 4 nitrogen and oxygen atoms in total. The highest BCUT2D eigenvalue weighted by atomic mass is 16.2. The lowest BCUT2D eigenvalue weighted by atomic mass is 9.96. The summed E-state index contributed by atoms with van der Waals surface area (Å²) in [4.78, 5) is 19.7. The molecule has 1 fully saturated rings. The number of benzene rings is 2. The Morgan fingerprint density at radius 2 is 1.81 bits per heavy atom. The summed E-state index contributed by atoms with van der Waals surface area (Å²) in [5, 5.41) is 0. The van der Waals surface area contributed by atoms with Crippen LogP contribution in [-0.2, 0) is 11.2 Å². The first-order valence-corrected chi connectivity index (χ1v) is 10.1. The molecule has 27 heavy (non-hydrogen) atoms. The number of hydrogen-bond donors (Lipinski definition) is 0. The van der Waals surface area contributed by atoms with E-state index in [1.54, 1.807) is 0 Å². The number of nitrogens with zero attached hydrogens (tertiary/aromatic N) is 3. The number of anilines is 2. The standard InChI is InChI=1S/C23H29N3O/c1-18-6-5-8-21(16-18)24-12-14-25(15-13-24)23(27)17-26-19(2)10-11-20-7-3-4-9-22(20)26/h3-9,16,19H,10-15,17H2,1-2H3/t19-/m1/s1. The smallest absolute Gasteiger partial charge is 0.242 e. The van der Waals surface area contributed by atoms with Gasteiger partial charge in [-0.3, -0.25) is 4.79 Å². The third-order valence-corrected chi connectivity index (χ3v) is 5.97. The van der Waals surface area contributed by atoms with E-state index >= 15 is 0 Å². The minimum absolute atomic E-state index is 0.252. The SMILES string of the molecule is Cc1cccc(N2CCN(C(=O)CN3c4ccccc4CC[C@H]3C)CC2)c1. The van der Waals surface area contributed by atoms with Crippen molar-refractivity contribution in [1.82, 2.24) is 4.90 Å². The average Bonchev–Trinajstić information content (AvgIpc) is 2.70. The van der Waals surface area contributed by atoms with Gasteiger partial charge >= 0.3 is 0 Å². The quantitative estimate of drug-likeness (QED) is 0.835. The number of para-hydroxylation sites is 1. The summed E-state index contributed by atoms with van der Waals surface area (Å²) in [6, 6.07) is 17.6. The zero-order valence-electron chi connectivity index (χ0n) is 16.4. The fourth-order valence-electron chi connectivity index (χ4n) is 4.29. The Labute approximate surface area is 162 Å². The molecule has 1 amide bonds. The number of carbonyl (C=O) groups excluding carboxylic acids is 1. The highest BCUT2D eigenvalue weighted by Gasteiger charge is 2.28. The van der Waals surface area contributed by atoms with E-state index in [1.807, 2.05) is 4.90 Å². The molecule has 1 saturated heterocycles. The van der Waals surface area contributed by atoms with Gasteiger partial charge in [0.2, 0.25) is 5.91 Å². The van der Waals surface area contributed by atoms with Crippen LogP contribution in [0.3, 0.4) is 0 Å². The molecule has 142 valence electrons. The van der Waals surface area contributed by atoms with Crippen LogP contribution >= 0.6 is 0 Å². The number of aryl methyl sites for hydroxylation is 2. The van der Waals surface area contributed by atoms with Crippen molar-refractivity contribution < 1.29 is 4.79 Å². The fourth-order valence-corrected chi connectivity index (χ4v) is 4.29. The number of piperazine rings is 1. The van der Waals surface area contributed by atoms with Gasteiger partial charge in [0, 0.05) is 43.6 Å². The monoisotopic (exact) mass is 363 g/mol. The zero-order chi connectivity index (χ0) is 18.8. The Hall–Kier alpha value is -2.49. The van der Waals surface area contributed by atoms with E-state index in [4.69, 9.17) is 0 Å². The number of amides is 1. The van der Waals surface area contributed by atoms with Gasteiger partial charge < -0.3 is 14.7 Å². The first-order chi connectivity index (χ1) is 13.1. The van der Waals surface area contributed by atoms with Crippen molar-refractivity contribution in [3.05, 3.63) is 59.7 Å². The number of rotatable bonds is 3. The van der Waals surface area contributed by atoms with Crippen molar-refractivity contribution in [3.8, 4) is 0 Å². The molecule has 0 spiro atoms. The predicted molar refractivity (Wildman–Crippen MR) is 112 cm³/mol. The third-order valence-electron chi connectivity index (χ3n) is 5.97. The molecule has 2 heterocycles. The van der Waals surface area contributed by atoms with Gasteiger partial charge in [0.25, 0.3) is 0 Å². The highest BCUT2D eigenvalue weighted by molar-refractivity contribution is 5.82. The summed E-state index contributed by atoms with van der Waals surface area (Å²) in [6.07, 6.45) is 2.22. The van der Waals surface area contributed by atoms with Gasteiger partial charge in [-0.2, -0.15) is 0 Å². The maximum Gasteiger partial charge on any atom is 0.242 e. The van der Waals surface area contributed by atoms with Crippen LogP contribution in [-0.4, -0.2) is 49.6 Å². The number of fused-ring (bicyclic) bond motifs is 1. The summed E-state index contributed by atoms with van der Waals surface area (Å²) >= 11 is 0. The summed E-state index contributed by atoms with van der Waals surface area (Å²) < 4.78 is 0. The number of hydrogen-bond acceptors (Lipinski definition) is 3. The minimum atomic E-state index is 0.252. The van der Waals surface area contributed by atoms with Crippen molar-refractivity contribution >= 4 is 17.3 Å². The van der Waals surface area contributed by atoms with E-state index in [-0.39, 0.29) is 5.91 Å². The molecule has 4 rings (SSSR count). The molecule has 0 aromatic heterocycles. The van der Waals surface area contributed by atoms with Crippen LogP contribution in [0, 0.1) is 6.92 Å². The van der Waals surface area contributed by atoms with Gasteiger partial charge in [0.1, 0.15) is 0 Å². The third kappa shape index (κ3) is 3.80. The van der Waals surface area contributed by atoms with Crippen LogP contribution in [0.15, 0.2) is 48.5 Å². The molecule has 0 saturated carbocycles. The van der Waals surface area contributed by atoms with Gasteiger partial charge in [-0.25, -0.2) is 0 Å². The first kappa shape index (κ1) is 17.9. The molecule has 4 heteroatoms. The Morgan fingerprint density at radius 1 is 1.04 bits per heavy atom. The molecule has 2 aromatic rings. The molecule has 1 atom stereocenters. The highest BCUT2D eigenvalue weighted by Crippen LogP contribution is 2.30. The van der Waals surface area contributed by atoms with Crippen molar-refractivity contribution in [2.45, 2.75) is 32.7 Å².